The highest BCUT2D eigenvalue weighted by molar-refractivity contribution is 6.05. The average Bonchev–Trinajstić information content (AvgIpc) is 3.27. The van der Waals surface area contributed by atoms with Crippen molar-refractivity contribution in [2.24, 2.45) is 0 Å². The van der Waals surface area contributed by atoms with Gasteiger partial charge in [-0.15, -0.1) is 0 Å². The van der Waals surface area contributed by atoms with Gasteiger partial charge in [0, 0.05) is 49.5 Å². The summed E-state index contributed by atoms with van der Waals surface area (Å²) in [7, 11) is 3.79. The van der Waals surface area contributed by atoms with Crippen molar-refractivity contribution >= 4 is 17.3 Å². The molecule has 2 aromatic rings. The van der Waals surface area contributed by atoms with E-state index in [0.29, 0.717) is 5.56 Å². The first kappa shape index (κ1) is 25.6. The Balaban J connectivity index is 0.00000103. The van der Waals surface area contributed by atoms with Crippen LogP contribution in [0.2, 0.25) is 0 Å². The van der Waals surface area contributed by atoms with Gasteiger partial charge in [0.2, 0.25) is 0 Å². The smallest absolute Gasteiger partial charge is 0.255 e. The van der Waals surface area contributed by atoms with E-state index in [1.165, 1.54) is 6.42 Å². The number of hydrogen-bond acceptors (Lipinski definition) is 6. The first-order chi connectivity index (χ1) is 16.4. The second-order valence-corrected chi connectivity index (χ2v) is 8.80. The van der Waals surface area contributed by atoms with E-state index < -0.39 is 0 Å². The molecule has 0 radical (unpaired) electrons. The molecule has 0 spiro atoms. The zero-order chi connectivity index (χ0) is 24.5. The number of hydrogen-bond donors (Lipinski definition) is 2. The summed E-state index contributed by atoms with van der Waals surface area (Å²) in [6, 6.07) is 13.4. The molecule has 0 aliphatic carbocycles. The lowest BCUT2D eigenvalue weighted by Crippen LogP contribution is -2.44. The molecule has 1 unspecified atom stereocenters. The van der Waals surface area contributed by atoms with Gasteiger partial charge in [0.05, 0.1) is 12.8 Å². The number of ether oxygens (including phenoxy) is 2. The number of carbonyl (C=O) groups is 1. The summed E-state index contributed by atoms with van der Waals surface area (Å²) in [5.41, 5.74) is 4.25. The lowest BCUT2D eigenvalue weighted by molar-refractivity contribution is 0.102. The molecule has 0 saturated carbocycles. The number of amides is 1. The molecule has 7 nitrogen and oxygen atoms in total. The minimum absolute atomic E-state index is 0.0512. The molecule has 4 rings (SSSR count). The highest BCUT2D eigenvalue weighted by atomic mass is 16.5. The van der Waals surface area contributed by atoms with Crippen molar-refractivity contribution in [3.05, 3.63) is 65.4 Å². The van der Waals surface area contributed by atoms with Crippen molar-refractivity contribution in [2.75, 3.05) is 45.7 Å². The van der Waals surface area contributed by atoms with Crippen LogP contribution in [0.15, 0.2) is 48.7 Å². The van der Waals surface area contributed by atoms with Gasteiger partial charge in [-0.05, 0) is 49.9 Å². The summed E-state index contributed by atoms with van der Waals surface area (Å²) < 4.78 is 10.9. The van der Waals surface area contributed by atoms with Crippen LogP contribution < -0.4 is 15.4 Å². The van der Waals surface area contributed by atoms with Crippen LogP contribution in [0.5, 0.6) is 5.75 Å². The van der Waals surface area contributed by atoms with Gasteiger partial charge in [-0.1, -0.05) is 32.4 Å². The Morgan fingerprint density at radius 2 is 1.88 bits per heavy atom. The van der Waals surface area contributed by atoms with Gasteiger partial charge in [-0.3, -0.25) is 9.69 Å². The van der Waals surface area contributed by atoms with Crippen LogP contribution in [0.4, 0.5) is 5.69 Å². The fourth-order valence-electron chi connectivity index (χ4n) is 3.87. The number of methoxy groups -OCH3 is 1. The molecule has 2 aliphatic rings. The number of nitrogens with one attached hydrogen (secondary N) is 2. The first-order valence-corrected chi connectivity index (χ1v) is 12.0. The zero-order valence-electron chi connectivity index (χ0n) is 21.1. The average molecular weight is 467 g/mol. The molecule has 2 aromatic carbocycles. The Morgan fingerprint density at radius 3 is 2.53 bits per heavy atom. The van der Waals surface area contributed by atoms with Gasteiger partial charge in [0.25, 0.3) is 5.91 Å². The SMILES string of the molecule is CCC.COc1ccc(C(=O)Nc2cccc(C3=COC(C)N3)c2)c(CN2CCN(C)CC2)c1. The maximum Gasteiger partial charge on any atom is 0.255 e. The van der Waals surface area contributed by atoms with E-state index in [1.54, 1.807) is 13.4 Å². The molecule has 34 heavy (non-hydrogen) atoms. The highest BCUT2D eigenvalue weighted by Gasteiger charge is 2.19. The number of carbonyl (C=O) groups excluding carboxylic acids is 1. The van der Waals surface area contributed by atoms with Crippen LogP contribution in [-0.2, 0) is 11.3 Å². The van der Waals surface area contributed by atoms with Crippen LogP contribution in [0.1, 0.15) is 48.7 Å². The molecule has 1 atom stereocenters. The van der Waals surface area contributed by atoms with Gasteiger partial charge in [-0.2, -0.15) is 0 Å². The Labute approximate surface area is 203 Å². The van der Waals surface area contributed by atoms with E-state index in [0.717, 1.165) is 61.0 Å². The summed E-state index contributed by atoms with van der Waals surface area (Å²) in [6.07, 6.45) is 2.91. The Hall–Kier alpha value is -3.03. The van der Waals surface area contributed by atoms with Gasteiger partial charge in [0.1, 0.15) is 12.0 Å². The Morgan fingerprint density at radius 1 is 1.15 bits per heavy atom. The van der Waals surface area contributed by atoms with Gasteiger partial charge < -0.3 is 25.0 Å². The van der Waals surface area contributed by atoms with Crippen LogP contribution in [-0.4, -0.2) is 62.3 Å². The maximum atomic E-state index is 13.2. The van der Waals surface area contributed by atoms with Crippen LogP contribution in [0, 0.1) is 0 Å². The van der Waals surface area contributed by atoms with Gasteiger partial charge in [-0.25, -0.2) is 0 Å². The number of likely N-dealkylation sites (N-methyl/N-ethyl adjacent to an activating group) is 1. The fourth-order valence-corrected chi connectivity index (χ4v) is 3.87. The summed E-state index contributed by atoms with van der Waals surface area (Å²) in [5.74, 6) is 0.637. The third kappa shape index (κ3) is 6.98. The van der Waals surface area contributed by atoms with Crippen molar-refractivity contribution in [3.63, 3.8) is 0 Å². The summed E-state index contributed by atoms with van der Waals surface area (Å²) in [6.45, 7) is 11.0. The fraction of sp³-hybridized carbons (Fsp3) is 0.444. The van der Waals surface area contributed by atoms with Crippen molar-refractivity contribution in [2.45, 2.75) is 40.0 Å². The lowest BCUT2D eigenvalue weighted by atomic mass is 10.0. The predicted octanol–water partition coefficient (Wildman–Crippen LogP) is 4.38. The molecule has 0 bridgehead atoms. The number of rotatable bonds is 6. The molecule has 2 N–H and O–H groups in total. The second-order valence-electron chi connectivity index (χ2n) is 8.80. The second kappa shape index (κ2) is 12.4. The van der Waals surface area contributed by atoms with E-state index in [1.807, 2.05) is 49.4 Å². The highest BCUT2D eigenvalue weighted by Crippen LogP contribution is 2.24. The minimum Gasteiger partial charge on any atom is -0.497 e. The molecular weight excluding hydrogens is 428 g/mol. The molecule has 1 fully saturated rings. The van der Waals surface area contributed by atoms with Crippen LogP contribution >= 0.6 is 0 Å². The van der Waals surface area contributed by atoms with Crippen molar-refractivity contribution in [3.8, 4) is 5.75 Å². The molecular formula is C27H38N4O3. The molecule has 184 valence electrons. The summed E-state index contributed by atoms with van der Waals surface area (Å²) in [5, 5.41) is 6.31. The summed E-state index contributed by atoms with van der Waals surface area (Å²) >= 11 is 0. The van der Waals surface area contributed by atoms with E-state index in [2.05, 4.69) is 41.3 Å². The number of piperazine rings is 1. The molecule has 7 heteroatoms. The zero-order valence-corrected chi connectivity index (χ0v) is 21.1. The summed E-state index contributed by atoms with van der Waals surface area (Å²) in [4.78, 5) is 17.9. The molecule has 1 saturated heterocycles. The molecule has 1 amide bonds. The van der Waals surface area contributed by atoms with Crippen LogP contribution in [0.25, 0.3) is 5.70 Å². The van der Waals surface area contributed by atoms with Crippen molar-refractivity contribution in [1.29, 1.82) is 0 Å². The molecule has 2 aliphatic heterocycles. The minimum atomic E-state index is -0.123. The van der Waals surface area contributed by atoms with Gasteiger partial charge in [0.15, 0.2) is 6.23 Å². The first-order valence-electron chi connectivity index (χ1n) is 12.0. The normalized spacial score (nSPS) is 18.1. The van der Waals surface area contributed by atoms with E-state index in [4.69, 9.17) is 9.47 Å². The lowest BCUT2D eigenvalue weighted by Gasteiger charge is -2.32. The Kier molecular flexibility index (Phi) is 9.36. The number of nitrogens with zero attached hydrogens (tertiary/aromatic N) is 2. The monoisotopic (exact) mass is 466 g/mol. The van der Waals surface area contributed by atoms with Crippen LogP contribution in [0.3, 0.4) is 0 Å². The standard InChI is InChI=1S/C24H30N4O3.C3H8/c1-17-25-23(16-31-17)18-5-4-6-20(13-18)26-24(29)22-8-7-21(30-3)14-19(22)15-28-11-9-27(2)10-12-28;1-3-2/h4-8,13-14,16-17,25H,9-12,15H2,1-3H3,(H,26,29);3H2,1-2H3. The van der Waals surface area contributed by atoms with E-state index in [-0.39, 0.29) is 12.1 Å². The molecule has 2 heterocycles. The van der Waals surface area contributed by atoms with Crippen molar-refractivity contribution in [1.82, 2.24) is 15.1 Å². The molecule has 0 aromatic heterocycles. The number of anilines is 1. The van der Waals surface area contributed by atoms with Crippen molar-refractivity contribution < 1.29 is 14.3 Å². The van der Waals surface area contributed by atoms with E-state index in [9.17, 15) is 4.79 Å². The van der Waals surface area contributed by atoms with E-state index >= 15 is 0 Å². The maximum absolute atomic E-state index is 13.2. The topological polar surface area (TPSA) is 66.1 Å². The number of benzene rings is 2. The third-order valence-electron chi connectivity index (χ3n) is 5.73. The van der Waals surface area contributed by atoms with Gasteiger partial charge >= 0.3 is 0 Å². The third-order valence-corrected chi connectivity index (χ3v) is 5.73. The predicted molar refractivity (Wildman–Crippen MR) is 138 cm³/mol. The Bertz CT molecular complexity index is 984. The largest absolute Gasteiger partial charge is 0.497 e. The quantitative estimate of drug-likeness (QED) is 0.659.